The van der Waals surface area contributed by atoms with Gasteiger partial charge in [0, 0.05) is 32.0 Å². The molecule has 2 aromatic heterocycles. The van der Waals surface area contributed by atoms with Gasteiger partial charge in [0.2, 0.25) is 0 Å². The Bertz CT molecular complexity index is 498. The maximum Gasteiger partial charge on any atom is 0.0463 e. The largest absolute Gasteiger partial charge is 0.309 e. The van der Waals surface area contributed by atoms with Crippen molar-refractivity contribution in [3.63, 3.8) is 0 Å². The van der Waals surface area contributed by atoms with E-state index >= 15 is 0 Å². The number of likely N-dealkylation sites (N-methyl/N-ethyl adjacent to an activating group) is 1. The van der Waals surface area contributed by atoms with Gasteiger partial charge in [-0.05, 0) is 43.7 Å². The molecule has 0 saturated carbocycles. The molecular formula is C16H23NS2. The van der Waals surface area contributed by atoms with Crippen LogP contribution >= 0.6 is 22.7 Å². The van der Waals surface area contributed by atoms with Crippen molar-refractivity contribution in [1.29, 1.82) is 0 Å². The Labute approximate surface area is 124 Å². The van der Waals surface area contributed by atoms with Crippen LogP contribution in [0, 0.1) is 0 Å². The van der Waals surface area contributed by atoms with Crippen molar-refractivity contribution in [1.82, 2.24) is 5.32 Å². The Kier molecular flexibility index (Phi) is 5.61. The Morgan fingerprint density at radius 3 is 2.11 bits per heavy atom. The smallest absolute Gasteiger partial charge is 0.0463 e. The molecule has 0 aromatic carbocycles. The average molecular weight is 294 g/mol. The Balaban J connectivity index is 2.10. The van der Waals surface area contributed by atoms with E-state index in [1.165, 1.54) is 19.5 Å². The first-order chi connectivity index (χ1) is 9.26. The molecule has 0 bridgehead atoms. The van der Waals surface area contributed by atoms with Gasteiger partial charge >= 0.3 is 0 Å². The molecule has 0 amide bonds. The first-order valence-corrected chi connectivity index (χ1v) is 8.79. The SMILES string of the molecule is CCNC(Cc1ccc(CC)s1)c1ccc(CC)s1. The molecule has 1 atom stereocenters. The lowest BCUT2D eigenvalue weighted by Crippen LogP contribution is -2.21. The molecule has 2 rings (SSSR count). The summed E-state index contributed by atoms with van der Waals surface area (Å²) in [4.78, 5) is 5.95. The van der Waals surface area contributed by atoms with Gasteiger partial charge in [0.15, 0.2) is 0 Å². The predicted molar refractivity (Wildman–Crippen MR) is 87.5 cm³/mol. The lowest BCUT2D eigenvalue weighted by molar-refractivity contribution is 0.562. The van der Waals surface area contributed by atoms with Crippen molar-refractivity contribution >= 4 is 22.7 Å². The normalized spacial score (nSPS) is 12.8. The van der Waals surface area contributed by atoms with Gasteiger partial charge in [-0.2, -0.15) is 0 Å². The summed E-state index contributed by atoms with van der Waals surface area (Å²) in [5.74, 6) is 0. The number of nitrogens with one attached hydrogen (secondary N) is 1. The topological polar surface area (TPSA) is 12.0 Å². The number of hydrogen-bond donors (Lipinski definition) is 1. The average Bonchev–Trinajstić information content (AvgIpc) is 3.06. The summed E-state index contributed by atoms with van der Waals surface area (Å²) in [5, 5.41) is 3.63. The lowest BCUT2D eigenvalue weighted by Gasteiger charge is -2.15. The van der Waals surface area contributed by atoms with E-state index in [-0.39, 0.29) is 0 Å². The highest BCUT2D eigenvalue weighted by Crippen LogP contribution is 2.29. The quantitative estimate of drug-likeness (QED) is 0.771. The van der Waals surface area contributed by atoms with Crippen molar-refractivity contribution in [3.05, 3.63) is 43.8 Å². The van der Waals surface area contributed by atoms with E-state index in [9.17, 15) is 0 Å². The van der Waals surface area contributed by atoms with Crippen molar-refractivity contribution in [2.24, 2.45) is 0 Å². The molecule has 1 N–H and O–H groups in total. The molecule has 3 heteroatoms. The van der Waals surface area contributed by atoms with Crippen molar-refractivity contribution in [2.45, 2.75) is 46.1 Å². The van der Waals surface area contributed by atoms with E-state index in [1.807, 2.05) is 22.7 Å². The molecule has 1 unspecified atom stereocenters. The van der Waals surface area contributed by atoms with Crippen molar-refractivity contribution in [2.75, 3.05) is 6.54 Å². The molecule has 2 heterocycles. The molecule has 19 heavy (non-hydrogen) atoms. The molecule has 104 valence electrons. The summed E-state index contributed by atoms with van der Waals surface area (Å²) in [7, 11) is 0. The fourth-order valence-electron chi connectivity index (χ4n) is 2.21. The summed E-state index contributed by atoms with van der Waals surface area (Å²) < 4.78 is 0. The second-order valence-electron chi connectivity index (χ2n) is 4.69. The Morgan fingerprint density at radius 2 is 1.53 bits per heavy atom. The first kappa shape index (κ1) is 14.8. The van der Waals surface area contributed by atoms with E-state index in [0.717, 1.165) is 25.8 Å². The van der Waals surface area contributed by atoms with Gasteiger partial charge in [-0.3, -0.25) is 0 Å². The van der Waals surface area contributed by atoms with Crippen LogP contribution in [-0.4, -0.2) is 6.54 Å². The second kappa shape index (κ2) is 7.22. The minimum Gasteiger partial charge on any atom is -0.309 e. The summed E-state index contributed by atoms with van der Waals surface area (Å²) in [6.07, 6.45) is 3.40. The van der Waals surface area contributed by atoms with E-state index < -0.39 is 0 Å². The van der Waals surface area contributed by atoms with Gasteiger partial charge in [-0.1, -0.05) is 20.8 Å². The molecule has 0 spiro atoms. The van der Waals surface area contributed by atoms with Crippen LogP contribution in [0.25, 0.3) is 0 Å². The van der Waals surface area contributed by atoms with Crippen LogP contribution in [0.15, 0.2) is 24.3 Å². The highest BCUT2D eigenvalue weighted by molar-refractivity contribution is 7.12. The van der Waals surface area contributed by atoms with Crippen LogP contribution < -0.4 is 5.32 Å². The molecule has 1 nitrogen and oxygen atoms in total. The van der Waals surface area contributed by atoms with Crippen LogP contribution in [-0.2, 0) is 19.3 Å². The third-order valence-corrected chi connectivity index (χ3v) is 5.89. The standard InChI is InChI=1S/C16H23NS2/c1-4-12-7-8-14(18-12)11-15(17-6-3)16-10-9-13(5-2)19-16/h7-10,15,17H,4-6,11H2,1-3H3. The van der Waals surface area contributed by atoms with E-state index in [2.05, 4.69) is 50.4 Å². The van der Waals surface area contributed by atoms with Gasteiger partial charge < -0.3 is 5.32 Å². The molecule has 0 aliphatic rings. The van der Waals surface area contributed by atoms with Gasteiger partial charge in [0.1, 0.15) is 0 Å². The molecule has 0 aliphatic carbocycles. The van der Waals surface area contributed by atoms with Crippen molar-refractivity contribution in [3.8, 4) is 0 Å². The van der Waals surface area contributed by atoms with E-state index in [1.54, 1.807) is 0 Å². The van der Waals surface area contributed by atoms with Gasteiger partial charge in [-0.15, -0.1) is 22.7 Å². The zero-order chi connectivity index (χ0) is 13.7. The maximum absolute atomic E-state index is 3.63. The number of rotatable bonds is 7. The monoisotopic (exact) mass is 293 g/mol. The fourth-order valence-corrected chi connectivity index (χ4v) is 4.25. The van der Waals surface area contributed by atoms with Gasteiger partial charge in [0.05, 0.1) is 0 Å². The molecule has 0 aliphatic heterocycles. The summed E-state index contributed by atoms with van der Waals surface area (Å²) in [5.41, 5.74) is 0. The molecule has 0 saturated heterocycles. The second-order valence-corrected chi connectivity index (χ2v) is 7.15. The highest BCUT2D eigenvalue weighted by atomic mass is 32.1. The molecule has 0 fully saturated rings. The Hall–Kier alpha value is -0.640. The molecule has 0 radical (unpaired) electrons. The van der Waals surface area contributed by atoms with Gasteiger partial charge in [-0.25, -0.2) is 0 Å². The third kappa shape index (κ3) is 3.91. The van der Waals surface area contributed by atoms with Gasteiger partial charge in [0.25, 0.3) is 0 Å². The van der Waals surface area contributed by atoms with Crippen molar-refractivity contribution < 1.29 is 0 Å². The van der Waals surface area contributed by atoms with Crippen LogP contribution in [0.4, 0.5) is 0 Å². The zero-order valence-corrected chi connectivity index (χ0v) is 13.7. The fraction of sp³-hybridized carbons (Fsp3) is 0.500. The zero-order valence-electron chi connectivity index (χ0n) is 12.0. The predicted octanol–water partition coefficient (Wildman–Crippen LogP) is 4.83. The lowest BCUT2D eigenvalue weighted by atomic mass is 10.1. The van der Waals surface area contributed by atoms with E-state index in [4.69, 9.17) is 0 Å². The maximum atomic E-state index is 3.63. The highest BCUT2D eigenvalue weighted by Gasteiger charge is 2.14. The van der Waals surface area contributed by atoms with Crippen LogP contribution in [0.3, 0.4) is 0 Å². The minimum absolute atomic E-state index is 0.471. The Morgan fingerprint density at radius 1 is 0.895 bits per heavy atom. The first-order valence-electron chi connectivity index (χ1n) is 7.16. The molecular weight excluding hydrogens is 270 g/mol. The summed E-state index contributed by atoms with van der Waals surface area (Å²) >= 11 is 3.91. The third-order valence-electron chi connectivity index (χ3n) is 3.30. The minimum atomic E-state index is 0.471. The van der Waals surface area contributed by atoms with E-state index in [0.29, 0.717) is 6.04 Å². The number of thiophene rings is 2. The number of aryl methyl sites for hydroxylation is 2. The van der Waals surface area contributed by atoms with Crippen LogP contribution in [0.2, 0.25) is 0 Å². The summed E-state index contributed by atoms with van der Waals surface area (Å²) in [6.45, 7) is 7.66. The molecule has 2 aromatic rings. The van der Waals surface area contributed by atoms with Crippen LogP contribution in [0.5, 0.6) is 0 Å². The van der Waals surface area contributed by atoms with Crippen LogP contribution in [0.1, 0.15) is 46.3 Å². The summed E-state index contributed by atoms with van der Waals surface area (Å²) in [6, 6.07) is 9.61. The number of hydrogen-bond acceptors (Lipinski definition) is 3.